The minimum absolute atomic E-state index is 0.0255. The molecule has 1 aliphatic rings. The largest absolute Gasteiger partial charge is 0.481 e. The third kappa shape index (κ3) is 8.77. The molecule has 4 heteroatoms. The summed E-state index contributed by atoms with van der Waals surface area (Å²) in [7, 11) is 0. The quantitative estimate of drug-likeness (QED) is 0.545. The Labute approximate surface area is 83.6 Å². The molecule has 0 unspecified atom stereocenters. The van der Waals surface area contributed by atoms with Gasteiger partial charge in [-0.05, 0) is 19.3 Å². The number of hydrogen-bond donors (Lipinski definition) is 1. The van der Waals surface area contributed by atoms with Gasteiger partial charge in [0.1, 0.15) is 0 Å². The Morgan fingerprint density at radius 2 is 2.21 bits per heavy atom. The van der Waals surface area contributed by atoms with Crippen LogP contribution in [0.1, 0.15) is 32.1 Å². The standard InChI is InChI=1S/C6H10O2.C4H6O2/c7-6-4-2-1-3-5-8-6;1-2-3-4(5)6/h1-5H2;2H,1,3H2,(H,5,6). The summed E-state index contributed by atoms with van der Waals surface area (Å²) in [5.41, 5.74) is 0. The Morgan fingerprint density at radius 3 is 2.71 bits per heavy atom. The lowest BCUT2D eigenvalue weighted by atomic mass is 10.2. The summed E-state index contributed by atoms with van der Waals surface area (Å²) in [6, 6.07) is 0. The second kappa shape index (κ2) is 8.29. The number of carbonyl (C=O) groups is 2. The van der Waals surface area contributed by atoms with Crippen molar-refractivity contribution in [1.82, 2.24) is 0 Å². The highest BCUT2D eigenvalue weighted by Crippen LogP contribution is 2.06. The summed E-state index contributed by atoms with van der Waals surface area (Å²) in [6.45, 7) is 3.86. The van der Waals surface area contributed by atoms with Gasteiger partial charge in [-0.2, -0.15) is 0 Å². The van der Waals surface area contributed by atoms with E-state index in [1.165, 1.54) is 6.08 Å². The highest BCUT2D eigenvalue weighted by atomic mass is 16.5. The molecule has 1 aliphatic heterocycles. The topological polar surface area (TPSA) is 63.6 Å². The van der Waals surface area contributed by atoms with Crippen molar-refractivity contribution in [2.45, 2.75) is 32.1 Å². The third-order valence-corrected chi connectivity index (χ3v) is 1.61. The van der Waals surface area contributed by atoms with E-state index in [9.17, 15) is 9.59 Å². The van der Waals surface area contributed by atoms with Gasteiger partial charge in [-0.3, -0.25) is 9.59 Å². The van der Waals surface area contributed by atoms with E-state index >= 15 is 0 Å². The van der Waals surface area contributed by atoms with Crippen LogP contribution in [0.5, 0.6) is 0 Å². The molecule has 1 fully saturated rings. The van der Waals surface area contributed by atoms with Crippen molar-refractivity contribution in [2.75, 3.05) is 6.61 Å². The van der Waals surface area contributed by atoms with Crippen LogP contribution in [0, 0.1) is 0 Å². The molecule has 80 valence electrons. The number of carboxylic acids is 1. The van der Waals surface area contributed by atoms with Gasteiger partial charge in [-0.25, -0.2) is 0 Å². The maximum atomic E-state index is 10.5. The molecule has 4 nitrogen and oxygen atoms in total. The van der Waals surface area contributed by atoms with Crippen molar-refractivity contribution in [3.63, 3.8) is 0 Å². The van der Waals surface area contributed by atoms with Crippen LogP contribution in [-0.4, -0.2) is 23.7 Å². The lowest BCUT2D eigenvalue weighted by Crippen LogP contribution is -2.00. The lowest BCUT2D eigenvalue weighted by Gasteiger charge is -1.93. The van der Waals surface area contributed by atoms with Crippen LogP contribution in [0.3, 0.4) is 0 Å². The first-order valence-electron chi connectivity index (χ1n) is 4.65. The first kappa shape index (κ1) is 12.7. The minimum atomic E-state index is -0.829. The zero-order valence-electron chi connectivity index (χ0n) is 8.20. The van der Waals surface area contributed by atoms with Gasteiger partial charge in [0.15, 0.2) is 0 Å². The van der Waals surface area contributed by atoms with Crippen LogP contribution in [0.2, 0.25) is 0 Å². The fourth-order valence-electron chi connectivity index (χ4n) is 0.930. The van der Waals surface area contributed by atoms with Gasteiger partial charge in [0.25, 0.3) is 0 Å². The fourth-order valence-corrected chi connectivity index (χ4v) is 0.930. The average molecular weight is 200 g/mol. The lowest BCUT2D eigenvalue weighted by molar-refractivity contribution is -0.142. The molecule has 0 aromatic carbocycles. The Kier molecular flexibility index (Phi) is 7.50. The summed E-state index contributed by atoms with van der Waals surface area (Å²) in [6.07, 6.45) is 5.23. The molecule has 1 saturated heterocycles. The van der Waals surface area contributed by atoms with Gasteiger partial charge >= 0.3 is 11.9 Å². The number of ether oxygens (including phenoxy) is 1. The van der Waals surface area contributed by atoms with E-state index in [0.29, 0.717) is 13.0 Å². The predicted molar refractivity (Wildman–Crippen MR) is 51.9 cm³/mol. The Bertz CT molecular complexity index is 188. The molecular formula is C10H16O4. The summed E-state index contributed by atoms with van der Waals surface area (Å²) >= 11 is 0. The highest BCUT2D eigenvalue weighted by molar-refractivity contribution is 5.69. The van der Waals surface area contributed by atoms with E-state index in [1.54, 1.807) is 0 Å². The number of aliphatic carboxylic acids is 1. The normalized spacial score (nSPS) is 15.6. The number of cyclic esters (lactones) is 1. The first-order valence-corrected chi connectivity index (χ1v) is 4.65. The van der Waals surface area contributed by atoms with Gasteiger partial charge < -0.3 is 9.84 Å². The molecule has 0 bridgehead atoms. The third-order valence-electron chi connectivity index (χ3n) is 1.61. The van der Waals surface area contributed by atoms with E-state index in [2.05, 4.69) is 6.58 Å². The zero-order chi connectivity index (χ0) is 10.8. The van der Waals surface area contributed by atoms with Crippen molar-refractivity contribution in [2.24, 2.45) is 0 Å². The van der Waals surface area contributed by atoms with Gasteiger partial charge in [0.05, 0.1) is 13.0 Å². The molecule has 0 radical (unpaired) electrons. The molecule has 1 N–H and O–H groups in total. The van der Waals surface area contributed by atoms with E-state index in [-0.39, 0.29) is 12.4 Å². The molecule has 0 saturated carbocycles. The van der Waals surface area contributed by atoms with Gasteiger partial charge in [-0.15, -0.1) is 6.58 Å². The van der Waals surface area contributed by atoms with Gasteiger partial charge in [0.2, 0.25) is 0 Å². The molecule has 0 atom stereocenters. The van der Waals surface area contributed by atoms with Crippen molar-refractivity contribution >= 4 is 11.9 Å². The maximum absolute atomic E-state index is 10.5. The fraction of sp³-hybridized carbons (Fsp3) is 0.600. The summed E-state index contributed by atoms with van der Waals surface area (Å²) in [5, 5.41) is 7.84. The Hall–Kier alpha value is -1.32. The van der Waals surface area contributed by atoms with Gasteiger partial charge in [0, 0.05) is 6.42 Å². The maximum Gasteiger partial charge on any atom is 0.307 e. The smallest absolute Gasteiger partial charge is 0.307 e. The van der Waals surface area contributed by atoms with Crippen LogP contribution < -0.4 is 0 Å². The molecule has 1 rings (SSSR count). The van der Waals surface area contributed by atoms with Gasteiger partial charge in [-0.1, -0.05) is 6.08 Å². The summed E-state index contributed by atoms with van der Waals surface area (Å²) < 4.78 is 4.76. The van der Waals surface area contributed by atoms with E-state index in [4.69, 9.17) is 9.84 Å². The molecule has 14 heavy (non-hydrogen) atoms. The second-order valence-electron chi connectivity index (χ2n) is 2.92. The van der Waals surface area contributed by atoms with Crippen LogP contribution in [0.4, 0.5) is 0 Å². The first-order chi connectivity index (χ1) is 6.66. The molecule has 0 aliphatic carbocycles. The van der Waals surface area contributed by atoms with Crippen LogP contribution in [-0.2, 0) is 14.3 Å². The summed E-state index contributed by atoms with van der Waals surface area (Å²) in [4.78, 5) is 20.0. The highest BCUT2D eigenvalue weighted by Gasteiger charge is 2.05. The predicted octanol–water partition coefficient (Wildman–Crippen LogP) is 1.75. The number of rotatable bonds is 2. The minimum Gasteiger partial charge on any atom is -0.481 e. The summed E-state index contributed by atoms with van der Waals surface area (Å²) in [5.74, 6) is -0.854. The molecule has 1 heterocycles. The van der Waals surface area contributed by atoms with Crippen molar-refractivity contribution < 1.29 is 19.4 Å². The number of carbonyl (C=O) groups excluding carboxylic acids is 1. The Balaban J connectivity index is 0.000000255. The Morgan fingerprint density at radius 1 is 1.50 bits per heavy atom. The number of carboxylic acid groups (broad SMARTS) is 1. The number of esters is 1. The van der Waals surface area contributed by atoms with Crippen LogP contribution in [0.15, 0.2) is 12.7 Å². The van der Waals surface area contributed by atoms with E-state index in [1.807, 2.05) is 0 Å². The zero-order valence-corrected chi connectivity index (χ0v) is 8.20. The van der Waals surface area contributed by atoms with Crippen LogP contribution >= 0.6 is 0 Å². The monoisotopic (exact) mass is 200 g/mol. The second-order valence-corrected chi connectivity index (χ2v) is 2.92. The van der Waals surface area contributed by atoms with E-state index < -0.39 is 5.97 Å². The van der Waals surface area contributed by atoms with Crippen molar-refractivity contribution in [3.05, 3.63) is 12.7 Å². The average Bonchev–Trinajstić information content (AvgIpc) is 2.33. The van der Waals surface area contributed by atoms with Crippen molar-refractivity contribution in [1.29, 1.82) is 0 Å². The van der Waals surface area contributed by atoms with E-state index in [0.717, 1.165) is 19.3 Å². The van der Waals surface area contributed by atoms with Crippen LogP contribution in [0.25, 0.3) is 0 Å². The molecule has 0 amide bonds. The molecule has 0 aromatic rings. The molecular weight excluding hydrogens is 184 g/mol. The SMILES string of the molecule is C=CCC(=O)O.O=C1CCCCCO1. The van der Waals surface area contributed by atoms with Crippen molar-refractivity contribution in [3.8, 4) is 0 Å². The molecule has 0 aromatic heterocycles. The molecule has 0 spiro atoms. The number of hydrogen-bond acceptors (Lipinski definition) is 3.